The molecule has 0 saturated heterocycles. The molecule has 0 aliphatic heterocycles. The van der Waals surface area contributed by atoms with Gasteiger partial charge in [-0.05, 0) is 57.7 Å². The fourth-order valence-corrected chi connectivity index (χ4v) is 3.91. The molecule has 0 saturated carbocycles. The number of methoxy groups -OCH3 is 1. The first kappa shape index (κ1) is 29.8. The number of hydrogen-bond donors (Lipinski definition) is 6. The van der Waals surface area contributed by atoms with Gasteiger partial charge in [0.05, 0.1) is 24.4 Å². The van der Waals surface area contributed by atoms with Crippen LogP contribution in [0.5, 0.6) is 5.75 Å². The zero-order chi connectivity index (χ0) is 27.2. The van der Waals surface area contributed by atoms with Crippen LogP contribution >= 0.6 is 0 Å². The number of hydrogen-bond acceptors (Lipinski definition) is 8. The van der Waals surface area contributed by atoms with Crippen LogP contribution < -0.4 is 32.2 Å². The Hall–Kier alpha value is -3.44. The van der Waals surface area contributed by atoms with Crippen LogP contribution in [0, 0.1) is 0 Å². The topological polar surface area (TPSA) is 182 Å². The standard InChI is InChI=1S/C26H40N6O5/c1-17(31-22-16-19(37-2)15-18-8-6-14-30-24(18)22)7-5-13-29-23(33)11-10-21(26(35)36)32-25(34)20(28)9-3-4-12-27/h6,8,14-17,20-21,31H,3-5,7,9-13,27-28H2,1-2H3,(H,29,33)(H,32,34)(H,35,36)/t17?,20-,21+/m0/s1. The van der Waals surface area contributed by atoms with Gasteiger partial charge in [0.1, 0.15) is 11.8 Å². The minimum Gasteiger partial charge on any atom is -0.497 e. The van der Waals surface area contributed by atoms with Crippen molar-refractivity contribution in [2.24, 2.45) is 11.5 Å². The Kier molecular flexibility index (Phi) is 12.6. The quantitative estimate of drug-likeness (QED) is 0.171. The summed E-state index contributed by atoms with van der Waals surface area (Å²) in [6.07, 6.45) is 5.09. The number of carboxylic acid groups (broad SMARTS) is 1. The third-order valence-electron chi connectivity index (χ3n) is 6.03. The van der Waals surface area contributed by atoms with Crippen LogP contribution in [0.3, 0.4) is 0 Å². The van der Waals surface area contributed by atoms with Crippen LogP contribution in [0.1, 0.15) is 51.9 Å². The second-order valence-corrected chi connectivity index (χ2v) is 9.12. The largest absolute Gasteiger partial charge is 0.497 e. The summed E-state index contributed by atoms with van der Waals surface area (Å²) in [7, 11) is 1.62. The predicted octanol–water partition coefficient (Wildman–Crippen LogP) is 1.75. The van der Waals surface area contributed by atoms with Crippen molar-refractivity contribution in [1.82, 2.24) is 15.6 Å². The SMILES string of the molecule is COc1cc(NC(C)CCCNC(=O)CC[C@@H](NC(=O)[C@@H](N)CCCCN)C(=O)O)c2ncccc2c1. The maximum Gasteiger partial charge on any atom is 0.326 e. The first-order valence-corrected chi connectivity index (χ1v) is 12.7. The van der Waals surface area contributed by atoms with Crippen molar-refractivity contribution >= 4 is 34.4 Å². The van der Waals surface area contributed by atoms with E-state index in [1.54, 1.807) is 13.3 Å². The van der Waals surface area contributed by atoms with Crippen molar-refractivity contribution in [2.45, 2.75) is 70.0 Å². The second kappa shape index (κ2) is 15.6. The highest BCUT2D eigenvalue weighted by Gasteiger charge is 2.23. The molecule has 37 heavy (non-hydrogen) atoms. The van der Waals surface area contributed by atoms with Gasteiger partial charge in [0.25, 0.3) is 0 Å². The second-order valence-electron chi connectivity index (χ2n) is 9.12. The van der Waals surface area contributed by atoms with Gasteiger partial charge in [0, 0.05) is 36.7 Å². The minimum atomic E-state index is -1.20. The van der Waals surface area contributed by atoms with Crippen molar-refractivity contribution in [3.05, 3.63) is 30.5 Å². The van der Waals surface area contributed by atoms with Gasteiger partial charge in [-0.1, -0.05) is 12.5 Å². The maximum atomic E-state index is 12.2. The smallest absolute Gasteiger partial charge is 0.326 e. The van der Waals surface area contributed by atoms with Crippen LogP contribution in [0.25, 0.3) is 10.9 Å². The molecule has 11 heteroatoms. The monoisotopic (exact) mass is 516 g/mol. The van der Waals surface area contributed by atoms with Gasteiger partial charge in [-0.2, -0.15) is 0 Å². The fourth-order valence-electron chi connectivity index (χ4n) is 3.91. The number of carbonyl (C=O) groups is 3. The maximum absolute atomic E-state index is 12.2. The predicted molar refractivity (Wildman–Crippen MR) is 143 cm³/mol. The van der Waals surface area contributed by atoms with E-state index in [9.17, 15) is 19.5 Å². The van der Waals surface area contributed by atoms with Crippen molar-refractivity contribution in [3.8, 4) is 5.75 Å². The summed E-state index contributed by atoms with van der Waals surface area (Å²) in [5.41, 5.74) is 13.0. The van der Waals surface area contributed by atoms with Crippen LogP contribution in [0.15, 0.2) is 30.5 Å². The first-order valence-electron chi connectivity index (χ1n) is 12.7. The number of amides is 2. The van der Waals surface area contributed by atoms with Crippen LogP contribution in [0.2, 0.25) is 0 Å². The summed E-state index contributed by atoms with van der Waals surface area (Å²) < 4.78 is 5.39. The molecule has 0 fully saturated rings. The number of rotatable bonds is 17. The van der Waals surface area contributed by atoms with E-state index in [2.05, 4.69) is 27.9 Å². The van der Waals surface area contributed by atoms with E-state index in [4.69, 9.17) is 16.2 Å². The first-order chi connectivity index (χ1) is 17.7. The number of carbonyl (C=O) groups excluding carboxylic acids is 2. The summed E-state index contributed by atoms with van der Waals surface area (Å²) in [6.45, 7) is 3.02. The van der Waals surface area contributed by atoms with Crippen molar-refractivity contribution in [3.63, 3.8) is 0 Å². The molecule has 2 rings (SSSR count). The van der Waals surface area contributed by atoms with Gasteiger partial charge in [0.2, 0.25) is 11.8 Å². The number of ether oxygens (including phenoxy) is 1. The molecular weight excluding hydrogens is 476 g/mol. The summed E-state index contributed by atoms with van der Waals surface area (Å²) >= 11 is 0. The van der Waals surface area contributed by atoms with Crippen LogP contribution in [-0.4, -0.2) is 66.2 Å². The highest BCUT2D eigenvalue weighted by atomic mass is 16.5. The molecule has 2 aromatic rings. The molecule has 0 aliphatic rings. The van der Waals surface area contributed by atoms with E-state index in [-0.39, 0.29) is 24.8 Å². The molecule has 0 aliphatic carbocycles. The average Bonchev–Trinajstić information content (AvgIpc) is 2.88. The molecule has 0 bridgehead atoms. The van der Waals surface area contributed by atoms with Gasteiger partial charge < -0.3 is 37.3 Å². The van der Waals surface area contributed by atoms with Crippen LogP contribution in [0.4, 0.5) is 5.69 Å². The Morgan fingerprint density at radius 3 is 2.62 bits per heavy atom. The Labute approximate surface area is 217 Å². The van der Waals surface area contributed by atoms with Crippen molar-refractivity contribution in [2.75, 3.05) is 25.5 Å². The zero-order valence-corrected chi connectivity index (χ0v) is 21.7. The number of fused-ring (bicyclic) bond motifs is 1. The Balaban J connectivity index is 1.73. The number of pyridine rings is 1. The number of nitrogens with zero attached hydrogens (tertiary/aromatic N) is 1. The lowest BCUT2D eigenvalue weighted by atomic mass is 10.1. The summed E-state index contributed by atoms with van der Waals surface area (Å²) in [6, 6.07) is 5.86. The van der Waals surface area contributed by atoms with E-state index in [0.717, 1.165) is 41.6 Å². The number of anilines is 1. The van der Waals surface area contributed by atoms with Gasteiger partial charge >= 0.3 is 5.97 Å². The summed E-state index contributed by atoms with van der Waals surface area (Å²) in [5, 5.41) is 19.1. The molecule has 1 aromatic carbocycles. The van der Waals surface area contributed by atoms with E-state index in [1.807, 2.05) is 24.3 Å². The molecule has 1 heterocycles. The molecule has 0 radical (unpaired) electrons. The lowest BCUT2D eigenvalue weighted by Crippen LogP contribution is -2.48. The number of nitrogens with one attached hydrogen (secondary N) is 3. The fraction of sp³-hybridized carbons (Fsp3) is 0.538. The number of nitrogens with two attached hydrogens (primary N) is 2. The van der Waals surface area contributed by atoms with Gasteiger partial charge in [-0.15, -0.1) is 0 Å². The number of aromatic nitrogens is 1. The van der Waals surface area contributed by atoms with Crippen molar-refractivity contribution in [1.29, 1.82) is 0 Å². The molecule has 2 amide bonds. The third-order valence-corrected chi connectivity index (χ3v) is 6.03. The molecule has 204 valence electrons. The number of unbranched alkanes of at least 4 members (excludes halogenated alkanes) is 1. The number of benzene rings is 1. The van der Waals surface area contributed by atoms with Gasteiger partial charge in [-0.25, -0.2) is 4.79 Å². The Morgan fingerprint density at radius 2 is 1.92 bits per heavy atom. The van der Waals surface area contributed by atoms with E-state index >= 15 is 0 Å². The summed E-state index contributed by atoms with van der Waals surface area (Å²) in [4.78, 5) is 40.4. The summed E-state index contributed by atoms with van der Waals surface area (Å²) in [5.74, 6) is -1.26. The van der Waals surface area contributed by atoms with E-state index in [0.29, 0.717) is 25.9 Å². The Bertz CT molecular complexity index is 1030. The molecule has 1 aromatic heterocycles. The Morgan fingerprint density at radius 1 is 1.14 bits per heavy atom. The van der Waals surface area contributed by atoms with E-state index in [1.165, 1.54) is 0 Å². The minimum absolute atomic E-state index is 0.0176. The molecule has 1 unspecified atom stereocenters. The average molecular weight is 517 g/mol. The third kappa shape index (κ3) is 10.2. The molecule has 0 spiro atoms. The van der Waals surface area contributed by atoms with Gasteiger partial charge in [0.15, 0.2) is 0 Å². The molecular formula is C26H40N6O5. The normalized spacial score (nSPS) is 13.4. The van der Waals surface area contributed by atoms with Gasteiger partial charge in [-0.3, -0.25) is 14.6 Å². The number of carboxylic acids is 1. The number of aliphatic carboxylic acids is 1. The van der Waals surface area contributed by atoms with E-state index < -0.39 is 24.0 Å². The lowest BCUT2D eigenvalue weighted by Gasteiger charge is -2.18. The lowest BCUT2D eigenvalue weighted by molar-refractivity contribution is -0.142. The molecule has 11 nitrogen and oxygen atoms in total. The van der Waals surface area contributed by atoms with Crippen molar-refractivity contribution < 1.29 is 24.2 Å². The van der Waals surface area contributed by atoms with Crippen LogP contribution in [-0.2, 0) is 14.4 Å². The highest BCUT2D eigenvalue weighted by Crippen LogP contribution is 2.28. The zero-order valence-electron chi connectivity index (χ0n) is 21.7. The molecule has 8 N–H and O–H groups in total. The molecule has 3 atom stereocenters. The highest BCUT2D eigenvalue weighted by molar-refractivity contribution is 5.92.